The van der Waals surface area contributed by atoms with Crippen LogP contribution < -0.4 is 5.56 Å². The van der Waals surface area contributed by atoms with Crippen molar-refractivity contribution in [2.45, 2.75) is 23.9 Å². The largest absolute Gasteiger partial charge is 0.298 e. The van der Waals surface area contributed by atoms with E-state index in [2.05, 4.69) is 15.0 Å². The molecule has 0 aromatic carbocycles. The standard InChI is InChI=1S/C15H12N4O2S/c1-9-4-3-5-19-13(9)18-14(11(7-20)15(19)21)22-12-6-10(2)16-8-17-12/h3-8H,1-2H3. The first-order valence-electron chi connectivity index (χ1n) is 6.54. The summed E-state index contributed by atoms with van der Waals surface area (Å²) >= 11 is 1.18. The predicted molar refractivity (Wildman–Crippen MR) is 82.5 cm³/mol. The van der Waals surface area contributed by atoms with Crippen molar-refractivity contribution in [3.63, 3.8) is 0 Å². The number of pyridine rings is 1. The highest BCUT2D eigenvalue weighted by Crippen LogP contribution is 2.26. The number of nitrogens with zero attached hydrogens (tertiary/aromatic N) is 4. The maximum absolute atomic E-state index is 12.4. The molecule has 0 radical (unpaired) electrons. The third-order valence-electron chi connectivity index (χ3n) is 3.15. The van der Waals surface area contributed by atoms with Crippen LogP contribution in [0, 0.1) is 13.8 Å². The molecular weight excluding hydrogens is 300 g/mol. The Balaban J connectivity index is 2.22. The van der Waals surface area contributed by atoms with Crippen molar-refractivity contribution in [1.29, 1.82) is 0 Å². The Labute approximate surface area is 130 Å². The summed E-state index contributed by atoms with van der Waals surface area (Å²) in [4.78, 5) is 36.4. The van der Waals surface area contributed by atoms with Crippen LogP contribution in [0.25, 0.3) is 5.65 Å². The molecule has 3 aromatic rings. The van der Waals surface area contributed by atoms with Gasteiger partial charge in [0, 0.05) is 11.9 Å². The minimum absolute atomic E-state index is 0.0318. The average molecular weight is 312 g/mol. The van der Waals surface area contributed by atoms with Gasteiger partial charge < -0.3 is 0 Å². The zero-order valence-corrected chi connectivity index (χ0v) is 12.8. The fourth-order valence-corrected chi connectivity index (χ4v) is 2.96. The number of rotatable bonds is 3. The van der Waals surface area contributed by atoms with Crippen molar-refractivity contribution < 1.29 is 4.79 Å². The summed E-state index contributed by atoms with van der Waals surface area (Å²) in [6, 6.07) is 5.40. The van der Waals surface area contributed by atoms with Gasteiger partial charge in [0.05, 0.1) is 0 Å². The van der Waals surface area contributed by atoms with Gasteiger partial charge in [-0.25, -0.2) is 15.0 Å². The first-order valence-corrected chi connectivity index (χ1v) is 7.35. The second-order valence-electron chi connectivity index (χ2n) is 4.74. The Morgan fingerprint density at radius 1 is 1.27 bits per heavy atom. The molecule has 0 saturated heterocycles. The molecule has 0 N–H and O–H groups in total. The third-order valence-corrected chi connectivity index (χ3v) is 4.08. The van der Waals surface area contributed by atoms with Gasteiger partial charge in [0.25, 0.3) is 5.56 Å². The molecule has 110 valence electrons. The van der Waals surface area contributed by atoms with Crippen LogP contribution in [0.4, 0.5) is 0 Å². The highest BCUT2D eigenvalue weighted by molar-refractivity contribution is 7.99. The Morgan fingerprint density at radius 2 is 2.09 bits per heavy atom. The summed E-state index contributed by atoms with van der Waals surface area (Å²) in [6.07, 6.45) is 3.59. The third kappa shape index (κ3) is 2.50. The molecule has 0 atom stereocenters. The van der Waals surface area contributed by atoms with Gasteiger partial charge in [-0.15, -0.1) is 0 Å². The van der Waals surface area contributed by atoms with E-state index in [4.69, 9.17) is 0 Å². The van der Waals surface area contributed by atoms with Gasteiger partial charge in [0.15, 0.2) is 6.29 Å². The van der Waals surface area contributed by atoms with Gasteiger partial charge >= 0.3 is 0 Å². The number of hydrogen-bond donors (Lipinski definition) is 0. The normalized spacial score (nSPS) is 10.8. The predicted octanol–water partition coefficient (Wildman–Crippen LogP) is 2.07. The first-order chi connectivity index (χ1) is 10.6. The molecule has 0 amide bonds. The van der Waals surface area contributed by atoms with Crippen LogP contribution in [0.5, 0.6) is 0 Å². The molecule has 7 heteroatoms. The van der Waals surface area contributed by atoms with Crippen molar-refractivity contribution in [3.8, 4) is 0 Å². The van der Waals surface area contributed by atoms with E-state index in [0.717, 1.165) is 11.3 Å². The quantitative estimate of drug-likeness (QED) is 0.544. The van der Waals surface area contributed by atoms with E-state index in [1.54, 1.807) is 18.3 Å². The fraction of sp³-hybridized carbons (Fsp3) is 0.133. The molecule has 0 saturated carbocycles. The highest BCUT2D eigenvalue weighted by Gasteiger charge is 2.15. The smallest absolute Gasteiger partial charge is 0.269 e. The van der Waals surface area contributed by atoms with E-state index < -0.39 is 0 Å². The summed E-state index contributed by atoms with van der Waals surface area (Å²) < 4.78 is 1.38. The van der Waals surface area contributed by atoms with Gasteiger partial charge in [-0.3, -0.25) is 14.0 Å². The Bertz CT molecular complexity index is 936. The summed E-state index contributed by atoms with van der Waals surface area (Å²) in [6.45, 7) is 3.71. The molecule has 22 heavy (non-hydrogen) atoms. The van der Waals surface area contributed by atoms with E-state index in [0.29, 0.717) is 22.0 Å². The number of aldehydes is 1. The van der Waals surface area contributed by atoms with Gasteiger partial charge in [0.2, 0.25) is 0 Å². The summed E-state index contributed by atoms with van der Waals surface area (Å²) in [5.41, 5.74) is 1.85. The van der Waals surface area contributed by atoms with Gasteiger partial charge in [0.1, 0.15) is 27.6 Å². The zero-order chi connectivity index (χ0) is 15.7. The van der Waals surface area contributed by atoms with Crippen LogP contribution in [0.15, 0.2) is 45.6 Å². The molecule has 0 aliphatic rings. The lowest BCUT2D eigenvalue weighted by Crippen LogP contribution is -2.21. The number of aromatic nitrogens is 4. The van der Waals surface area contributed by atoms with Crippen LogP contribution in [-0.2, 0) is 0 Å². The molecule has 0 aliphatic heterocycles. The molecule has 3 aromatic heterocycles. The zero-order valence-electron chi connectivity index (χ0n) is 12.0. The van der Waals surface area contributed by atoms with Crippen molar-refractivity contribution >= 4 is 23.7 Å². The summed E-state index contributed by atoms with van der Waals surface area (Å²) in [7, 11) is 0. The number of carbonyl (C=O) groups is 1. The van der Waals surface area contributed by atoms with E-state index in [9.17, 15) is 9.59 Å². The van der Waals surface area contributed by atoms with Crippen LogP contribution in [-0.4, -0.2) is 25.6 Å². The van der Waals surface area contributed by atoms with E-state index in [1.165, 1.54) is 22.5 Å². The molecule has 0 unspecified atom stereocenters. The monoisotopic (exact) mass is 312 g/mol. The topological polar surface area (TPSA) is 77.2 Å². The molecule has 0 aliphatic carbocycles. The molecule has 0 bridgehead atoms. The number of carbonyl (C=O) groups excluding carboxylic acids is 1. The highest BCUT2D eigenvalue weighted by atomic mass is 32.2. The van der Waals surface area contributed by atoms with E-state index in [1.807, 2.05) is 19.9 Å². The van der Waals surface area contributed by atoms with Crippen LogP contribution in [0.2, 0.25) is 0 Å². The lowest BCUT2D eigenvalue weighted by atomic mass is 10.3. The number of fused-ring (bicyclic) bond motifs is 1. The number of aryl methyl sites for hydroxylation is 2. The summed E-state index contributed by atoms with van der Waals surface area (Å²) in [5, 5.41) is 0.993. The first kappa shape index (κ1) is 14.4. The minimum atomic E-state index is -0.378. The molecule has 0 fully saturated rings. The van der Waals surface area contributed by atoms with Crippen molar-refractivity contribution in [2.75, 3.05) is 0 Å². The van der Waals surface area contributed by atoms with Gasteiger partial charge in [-0.2, -0.15) is 0 Å². The maximum atomic E-state index is 12.4. The second-order valence-corrected chi connectivity index (χ2v) is 5.75. The molecular formula is C15H12N4O2S. The van der Waals surface area contributed by atoms with Gasteiger partial charge in [-0.05, 0) is 43.3 Å². The van der Waals surface area contributed by atoms with E-state index >= 15 is 0 Å². The molecule has 0 spiro atoms. The molecule has 3 heterocycles. The average Bonchev–Trinajstić information content (AvgIpc) is 2.49. The summed E-state index contributed by atoms with van der Waals surface area (Å²) in [5.74, 6) is 0. The fourth-order valence-electron chi connectivity index (χ4n) is 2.06. The lowest BCUT2D eigenvalue weighted by molar-refractivity contribution is 0.111. The Morgan fingerprint density at radius 3 is 2.82 bits per heavy atom. The van der Waals surface area contributed by atoms with Crippen molar-refractivity contribution in [3.05, 3.63) is 57.9 Å². The van der Waals surface area contributed by atoms with Crippen molar-refractivity contribution in [1.82, 2.24) is 19.4 Å². The minimum Gasteiger partial charge on any atom is -0.298 e. The van der Waals surface area contributed by atoms with E-state index in [-0.39, 0.29) is 11.1 Å². The van der Waals surface area contributed by atoms with Crippen LogP contribution >= 0.6 is 11.8 Å². The lowest BCUT2D eigenvalue weighted by Gasteiger charge is -2.08. The maximum Gasteiger partial charge on any atom is 0.269 e. The SMILES string of the molecule is Cc1cc(Sc2nc3c(C)cccn3c(=O)c2C=O)ncn1. The number of hydrogen-bond acceptors (Lipinski definition) is 6. The van der Waals surface area contributed by atoms with Crippen molar-refractivity contribution in [2.24, 2.45) is 0 Å². The van der Waals surface area contributed by atoms with Gasteiger partial charge in [-0.1, -0.05) is 6.07 Å². The molecule has 3 rings (SSSR count). The Hall–Kier alpha value is -2.54. The van der Waals surface area contributed by atoms with Crippen LogP contribution in [0.1, 0.15) is 21.6 Å². The molecule has 6 nitrogen and oxygen atoms in total. The Kier molecular flexibility index (Phi) is 3.72. The van der Waals surface area contributed by atoms with Crippen LogP contribution in [0.3, 0.4) is 0 Å². The second kappa shape index (κ2) is 5.69.